The number of ether oxygens (including phenoxy) is 1. The Balaban J connectivity index is 2.32. The largest absolute Gasteiger partial charge is 0.497 e. The standard InChI is InChI=1S/C17H11F2NO3/c1-23-10-7-13(18)16(14(19)8-10)11-4-5-20-15-3-2-9(17(21)22)6-12(11)15/h2-8H,1H3,(H,21,22). The number of carboxylic acids is 1. The molecule has 0 amide bonds. The van der Waals surface area contributed by atoms with Crippen LogP contribution in [0.5, 0.6) is 5.75 Å². The summed E-state index contributed by atoms with van der Waals surface area (Å²) in [5.41, 5.74) is 0.444. The van der Waals surface area contributed by atoms with Gasteiger partial charge in [0.15, 0.2) is 0 Å². The van der Waals surface area contributed by atoms with Crippen LogP contribution in [0.2, 0.25) is 0 Å². The number of halogens is 2. The first-order valence-corrected chi connectivity index (χ1v) is 6.66. The van der Waals surface area contributed by atoms with Crippen LogP contribution >= 0.6 is 0 Å². The summed E-state index contributed by atoms with van der Waals surface area (Å²) < 4.78 is 33.5. The molecule has 23 heavy (non-hydrogen) atoms. The predicted molar refractivity (Wildman–Crippen MR) is 80.6 cm³/mol. The van der Waals surface area contributed by atoms with Gasteiger partial charge in [-0.3, -0.25) is 4.98 Å². The summed E-state index contributed by atoms with van der Waals surface area (Å²) in [7, 11) is 1.31. The molecular weight excluding hydrogens is 304 g/mol. The van der Waals surface area contributed by atoms with E-state index in [1.807, 2.05) is 0 Å². The molecule has 1 heterocycles. The first kappa shape index (κ1) is 14.9. The smallest absolute Gasteiger partial charge is 0.335 e. The third-order valence-corrected chi connectivity index (χ3v) is 3.51. The highest BCUT2D eigenvalue weighted by molar-refractivity contribution is 5.99. The van der Waals surface area contributed by atoms with Gasteiger partial charge in [0.1, 0.15) is 17.4 Å². The van der Waals surface area contributed by atoms with Gasteiger partial charge in [-0.25, -0.2) is 13.6 Å². The highest BCUT2D eigenvalue weighted by Gasteiger charge is 2.17. The van der Waals surface area contributed by atoms with Crippen molar-refractivity contribution in [2.75, 3.05) is 7.11 Å². The van der Waals surface area contributed by atoms with Crippen molar-refractivity contribution in [1.82, 2.24) is 4.98 Å². The van der Waals surface area contributed by atoms with Gasteiger partial charge in [-0.1, -0.05) is 0 Å². The zero-order valence-electron chi connectivity index (χ0n) is 12.0. The molecule has 0 saturated heterocycles. The topological polar surface area (TPSA) is 59.4 Å². The van der Waals surface area contributed by atoms with Gasteiger partial charge in [0, 0.05) is 23.7 Å². The van der Waals surface area contributed by atoms with Gasteiger partial charge in [-0.15, -0.1) is 0 Å². The quantitative estimate of drug-likeness (QED) is 0.796. The Morgan fingerprint density at radius 3 is 2.43 bits per heavy atom. The maximum Gasteiger partial charge on any atom is 0.335 e. The summed E-state index contributed by atoms with van der Waals surface area (Å²) >= 11 is 0. The van der Waals surface area contributed by atoms with Gasteiger partial charge in [-0.05, 0) is 29.8 Å². The minimum absolute atomic E-state index is 0.0149. The summed E-state index contributed by atoms with van der Waals surface area (Å²) in [5.74, 6) is -2.66. The normalized spacial score (nSPS) is 10.7. The summed E-state index contributed by atoms with van der Waals surface area (Å²) in [4.78, 5) is 15.2. The van der Waals surface area contributed by atoms with E-state index in [2.05, 4.69) is 4.98 Å². The van der Waals surface area contributed by atoms with E-state index in [0.29, 0.717) is 10.9 Å². The highest BCUT2D eigenvalue weighted by Crippen LogP contribution is 2.34. The number of aromatic nitrogens is 1. The van der Waals surface area contributed by atoms with Crippen molar-refractivity contribution < 1.29 is 23.4 Å². The molecule has 2 aromatic carbocycles. The number of hydrogen-bond acceptors (Lipinski definition) is 3. The van der Waals surface area contributed by atoms with Crippen LogP contribution in [-0.2, 0) is 0 Å². The van der Waals surface area contributed by atoms with E-state index in [1.165, 1.54) is 37.6 Å². The number of pyridine rings is 1. The van der Waals surface area contributed by atoms with Crippen LogP contribution in [0.25, 0.3) is 22.0 Å². The van der Waals surface area contributed by atoms with Crippen LogP contribution < -0.4 is 4.74 Å². The zero-order chi connectivity index (χ0) is 16.6. The number of rotatable bonds is 3. The molecule has 6 heteroatoms. The van der Waals surface area contributed by atoms with Crippen LogP contribution in [0.4, 0.5) is 8.78 Å². The van der Waals surface area contributed by atoms with Crippen LogP contribution in [0.1, 0.15) is 10.4 Å². The number of methoxy groups -OCH3 is 1. The fourth-order valence-corrected chi connectivity index (χ4v) is 2.42. The van der Waals surface area contributed by atoms with Crippen molar-refractivity contribution in [3.63, 3.8) is 0 Å². The molecule has 0 fully saturated rings. The number of hydrogen-bond donors (Lipinski definition) is 1. The summed E-state index contributed by atoms with van der Waals surface area (Å²) in [6.07, 6.45) is 1.42. The average Bonchev–Trinajstić information content (AvgIpc) is 2.53. The Hall–Kier alpha value is -3.02. The van der Waals surface area contributed by atoms with Crippen molar-refractivity contribution in [2.24, 2.45) is 0 Å². The van der Waals surface area contributed by atoms with Crippen LogP contribution in [0, 0.1) is 11.6 Å². The van der Waals surface area contributed by atoms with Crippen LogP contribution in [0.3, 0.4) is 0 Å². The Labute approximate surface area is 130 Å². The molecule has 0 aliphatic rings. The molecule has 0 saturated carbocycles. The van der Waals surface area contributed by atoms with Crippen LogP contribution in [-0.4, -0.2) is 23.2 Å². The van der Waals surface area contributed by atoms with Gasteiger partial charge in [0.05, 0.1) is 23.8 Å². The van der Waals surface area contributed by atoms with E-state index in [-0.39, 0.29) is 22.4 Å². The molecule has 0 bridgehead atoms. The number of nitrogens with zero attached hydrogens (tertiary/aromatic N) is 1. The Kier molecular flexibility index (Phi) is 3.65. The highest BCUT2D eigenvalue weighted by atomic mass is 19.1. The third-order valence-electron chi connectivity index (χ3n) is 3.51. The van der Waals surface area contributed by atoms with Gasteiger partial charge < -0.3 is 9.84 Å². The van der Waals surface area contributed by atoms with E-state index >= 15 is 0 Å². The lowest BCUT2D eigenvalue weighted by molar-refractivity contribution is 0.0697. The molecule has 1 N–H and O–H groups in total. The average molecular weight is 315 g/mol. The first-order chi connectivity index (χ1) is 11.0. The molecule has 0 aliphatic heterocycles. The number of carboxylic acid groups (broad SMARTS) is 1. The molecule has 116 valence electrons. The lowest BCUT2D eigenvalue weighted by Crippen LogP contribution is -1.98. The Morgan fingerprint density at radius 2 is 1.83 bits per heavy atom. The Bertz CT molecular complexity index is 902. The predicted octanol–water partition coefficient (Wildman–Crippen LogP) is 3.89. The van der Waals surface area contributed by atoms with E-state index in [9.17, 15) is 13.6 Å². The van der Waals surface area contributed by atoms with Crippen molar-refractivity contribution in [1.29, 1.82) is 0 Å². The molecule has 0 radical (unpaired) electrons. The maximum absolute atomic E-state index is 14.3. The third kappa shape index (κ3) is 2.59. The van der Waals surface area contributed by atoms with E-state index in [0.717, 1.165) is 12.1 Å². The van der Waals surface area contributed by atoms with Gasteiger partial charge in [0.25, 0.3) is 0 Å². The summed E-state index contributed by atoms with van der Waals surface area (Å²) in [6.45, 7) is 0. The number of aromatic carboxylic acids is 1. The lowest BCUT2D eigenvalue weighted by Gasteiger charge is -2.11. The van der Waals surface area contributed by atoms with Gasteiger partial charge in [-0.2, -0.15) is 0 Å². The summed E-state index contributed by atoms with van der Waals surface area (Å²) in [6, 6.07) is 7.84. The fraction of sp³-hybridized carbons (Fsp3) is 0.0588. The number of fused-ring (bicyclic) bond motifs is 1. The van der Waals surface area contributed by atoms with Gasteiger partial charge in [0.2, 0.25) is 0 Å². The molecule has 4 nitrogen and oxygen atoms in total. The molecular formula is C17H11F2NO3. The summed E-state index contributed by atoms with van der Waals surface area (Å²) in [5, 5.41) is 9.45. The van der Waals surface area contributed by atoms with Crippen LogP contribution in [0.15, 0.2) is 42.6 Å². The second kappa shape index (κ2) is 5.64. The SMILES string of the molecule is COc1cc(F)c(-c2ccnc3ccc(C(=O)O)cc23)c(F)c1. The second-order valence-corrected chi connectivity index (χ2v) is 4.86. The molecule has 3 rings (SSSR count). The van der Waals surface area contributed by atoms with Crippen molar-refractivity contribution in [3.8, 4) is 16.9 Å². The van der Waals surface area contributed by atoms with E-state index in [1.54, 1.807) is 0 Å². The first-order valence-electron chi connectivity index (χ1n) is 6.66. The lowest BCUT2D eigenvalue weighted by atomic mass is 9.98. The minimum Gasteiger partial charge on any atom is -0.497 e. The number of carbonyl (C=O) groups is 1. The minimum atomic E-state index is -1.13. The van der Waals surface area contributed by atoms with Crippen molar-refractivity contribution in [2.45, 2.75) is 0 Å². The van der Waals surface area contributed by atoms with Gasteiger partial charge >= 0.3 is 5.97 Å². The molecule has 0 aliphatic carbocycles. The monoisotopic (exact) mass is 315 g/mol. The van der Waals surface area contributed by atoms with E-state index < -0.39 is 17.6 Å². The maximum atomic E-state index is 14.3. The van der Waals surface area contributed by atoms with Crippen molar-refractivity contribution in [3.05, 3.63) is 59.8 Å². The van der Waals surface area contributed by atoms with E-state index in [4.69, 9.17) is 9.84 Å². The molecule has 0 atom stereocenters. The fourth-order valence-electron chi connectivity index (χ4n) is 2.42. The zero-order valence-corrected chi connectivity index (χ0v) is 12.0. The Morgan fingerprint density at radius 1 is 1.13 bits per heavy atom. The van der Waals surface area contributed by atoms with Crippen molar-refractivity contribution >= 4 is 16.9 Å². The number of benzene rings is 2. The second-order valence-electron chi connectivity index (χ2n) is 4.86. The molecule has 0 spiro atoms. The molecule has 1 aromatic heterocycles. The molecule has 0 unspecified atom stereocenters. The molecule has 3 aromatic rings.